The summed E-state index contributed by atoms with van der Waals surface area (Å²) >= 11 is 1.13. The minimum atomic E-state index is -0.506. The summed E-state index contributed by atoms with van der Waals surface area (Å²) in [6, 6.07) is 13.2. The second kappa shape index (κ2) is 7.35. The normalized spacial score (nSPS) is 11.1. The summed E-state index contributed by atoms with van der Waals surface area (Å²) in [5.74, 6) is -0.903. The van der Waals surface area contributed by atoms with Gasteiger partial charge in [-0.05, 0) is 31.2 Å². The number of fused-ring (bicyclic) bond motifs is 3. The predicted octanol–water partition coefficient (Wildman–Crippen LogP) is 2.82. The van der Waals surface area contributed by atoms with Crippen molar-refractivity contribution in [3.05, 3.63) is 70.4 Å². The first-order valence-electron chi connectivity index (χ1n) is 8.36. The van der Waals surface area contributed by atoms with E-state index in [0.29, 0.717) is 21.7 Å². The first-order chi connectivity index (χ1) is 13.5. The van der Waals surface area contributed by atoms with Crippen LogP contribution < -0.4 is 10.9 Å². The molecule has 2 aromatic heterocycles. The predicted molar refractivity (Wildman–Crippen MR) is 105 cm³/mol. The fourth-order valence-corrected chi connectivity index (χ4v) is 3.40. The third-order valence-electron chi connectivity index (χ3n) is 3.99. The Morgan fingerprint density at radius 2 is 1.89 bits per heavy atom. The van der Waals surface area contributed by atoms with Gasteiger partial charge in [-0.1, -0.05) is 36.0 Å². The molecule has 4 aromatic rings. The van der Waals surface area contributed by atoms with Gasteiger partial charge in [0.15, 0.2) is 10.8 Å². The molecule has 0 saturated heterocycles. The van der Waals surface area contributed by atoms with Crippen molar-refractivity contribution in [1.82, 2.24) is 19.6 Å². The number of para-hydroxylation sites is 2. The third-order valence-corrected chi connectivity index (χ3v) is 4.92. The van der Waals surface area contributed by atoms with E-state index in [1.165, 1.54) is 16.6 Å². The maximum absolute atomic E-state index is 13.7. The first kappa shape index (κ1) is 18.1. The van der Waals surface area contributed by atoms with Crippen LogP contribution >= 0.6 is 11.8 Å². The molecule has 0 aliphatic rings. The number of rotatable bonds is 4. The van der Waals surface area contributed by atoms with E-state index >= 15 is 0 Å². The van der Waals surface area contributed by atoms with Crippen LogP contribution in [0.2, 0.25) is 0 Å². The lowest BCUT2D eigenvalue weighted by molar-refractivity contribution is -0.113. The zero-order valence-electron chi connectivity index (χ0n) is 14.7. The average molecular weight is 395 g/mol. The van der Waals surface area contributed by atoms with Crippen molar-refractivity contribution in [3.63, 3.8) is 0 Å². The largest absolute Gasteiger partial charge is 0.323 e. The van der Waals surface area contributed by atoms with Gasteiger partial charge in [-0.3, -0.25) is 9.59 Å². The highest BCUT2D eigenvalue weighted by atomic mass is 32.2. The van der Waals surface area contributed by atoms with Crippen molar-refractivity contribution in [2.45, 2.75) is 12.1 Å². The molecule has 0 unspecified atom stereocenters. The van der Waals surface area contributed by atoms with E-state index in [4.69, 9.17) is 0 Å². The molecule has 9 heteroatoms. The molecule has 2 aromatic carbocycles. The lowest BCUT2D eigenvalue weighted by Crippen LogP contribution is -2.19. The van der Waals surface area contributed by atoms with Gasteiger partial charge in [0, 0.05) is 5.39 Å². The monoisotopic (exact) mass is 395 g/mol. The molecule has 0 aliphatic heterocycles. The van der Waals surface area contributed by atoms with Crippen LogP contribution in [0.3, 0.4) is 0 Å². The SMILES string of the molecule is Cc1nn2c(SCC(=O)Nc3ccccc3F)nc3ccccc3c2nc1=O. The maximum atomic E-state index is 13.7. The van der Waals surface area contributed by atoms with Crippen molar-refractivity contribution in [2.24, 2.45) is 0 Å². The quantitative estimate of drug-likeness (QED) is 0.325. The van der Waals surface area contributed by atoms with Crippen LogP contribution in [0.25, 0.3) is 16.6 Å². The fraction of sp³-hybridized carbons (Fsp3) is 0.105. The maximum Gasteiger partial charge on any atom is 0.294 e. The Morgan fingerprint density at radius 3 is 2.71 bits per heavy atom. The number of hydrogen-bond donors (Lipinski definition) is 1. The topological polar surface area (TPSA) is 89.2 Å². The van der Waals surface area contributed by atoms with E-state index in [9.17, 15) is 14.0 Å². The molecule has 28 heavy (non-hydrogen) atoms. The number of aryl methyl sites for hydroxylation is 1. The molecule has 140 valence electrons. The summed E-state index contributed by atoms with van der Waals surface area (Å²) < 4.78 is 15.2. The van der Waals surface area contributed by atoms with E-state index in [1.54, 1.807) is 31.2 Å². The van der Waals surface area contributed by atoms with Gasteiger partial charge < -0.3 is 5.32 Å². The van der Waals surface area contributed by atoms with E-state index < -0.39 is 11.4 Å². The molecule has 4 rings (SSSR count). The van der Waals surface area contributed by atoms with Crippen molar-refractivity contribution < 1.29 is 9.18 Å². The molecule has 0 fully saturated rings. The summed E-state index contributed by atoms with van der Waals surface area (Å²) in [6.45, 7) is 1.57. The molecular weight excluding hydrogens is 381 g/mol. The summed E-state index contributed by atoms with van der Waals surface area (Å²) in [5.41, 5.74) is 0.941. The molecule has 0 atom stereocenters. The molecule has 2 heterocycles. The van der Waals surface area contributed by atoms with Crippen LogP contribution in [0, 0.1) is 12.7 Å². The lowest BCUT2D eigenvalue weighted by atomic mass is 10.2. The Balaban J connectivity index is 1.68. The number of nitrogens with one attached hydrogen (secondary N) is 1. The van der Waals surface area contributed by atoms with Crippen LogP contribution in [0.4, 0.5) is 10.1 Å². The van der Waals surface area contributed by atoms with Gasteiger partial charge >= 0.3 is 0 Å². The van der Waals surface area contributed by atoms with Crippen LogP contribution in [0.5, 0.6) is 0 Å². The Bertz CT molecular complexity index is 1270. The summed E-state index contributed by atoms with van der Waals surface area (Å²) in [4.78, 5) is 32.9. The number of carbonyl (C=O) groups excluding carboxylic acids is 1. The third kappa shape index (κ3) is 3.44. The standard InChI is InChI=1S/C19H14FN5O2S/c1-11-18(27)23-17-12-6-2-4-8-14(12)22-19(25(17)24-11)28-10-16(26)21-15-9-5-3-7-13(15)20/h2-9H,10H2,1H3,(H,21,26). The van der Waals surface area contributed by atoms with Crippen molar-refractivity contribution >= 4 is 39.9 Å². The number of benzene rings is 2. The molecule has 1 amide bonds. The fourth-order valence-electron chi connectivity index (χ4n) is 2.66. The van der Waals surface area contributed by atoms with Crippen LogP contribution in [-0.2, 0) is 4.79 Å². The van der Waals surface area contributed by atoms with E-state index in [0.717, 1.165) is 11.8 Å². The second-order valence-electron chi connectivity index (χ2n) is 5.97. The van der Waals surface area contributed by atoms with Gasteiger partial charge in [-0.15, -0.1) is 0 Å². The number of thioether (sulfide) groups is 1. The first-order valence-corrected chi connectivity index (χ1v) is 9.35. The molecule has 1 N–H and O–H groups in total. The van der Waals surface area contributed by atoms with Crippen molar-refractivity contribution in [1.29, 1.82) is 0 Å². The number of nitrogens with zero attached hydrogens (tertiary/aromatic N) is 4. The highest BCUT2D eigenvalue weighted by Crippen LogP contribution is 2.23. The Labute approximate surface area is 162 Å². The number of anilines is 1. The Hall–Kier alpha value is -3.33. The molecular formula is C19H14FN5O2S. The molecule has 0 aliphatic carbocycles. The van der Waals surface area contributed by atoms with Crippen LogP contribution in [-0.4, -0.2) is 31.2 Å². The highest BCUT2D eigenvalue weighted by Gasteiger charge is 2.14. The van der Waals surface area contributed by atoms with Crippen LogP contribution in [0.1, 0.15) is 5.69 Å². The summed E-state index contributed by atoms with van der Waals surface area (Å²) in [5, 5.41) is 7.89. The number of aromatic nitrogens is 4. The molecule has 0 radical (unpaired) electrons. The second-order valence-corrected chi connectivity index (χ2v) is 6.91. The summed E-state index contributed by atoms with van der Waals surface area (Å²) in [7, 11) is 0. The van der Waals surface area contributed by atoms with Gasteiger partial charge in [0.2, 0.25) is 5.91 Å². The minimum absolute atomic E-state index is 0.0123. The zero-order chi connectivity index (χ0) is 19.7. The van der Waals surface area contributed by atoms with E-state index in [1.807, 2.05) is 12.1 Å². The van der Waals surface area contributed by atoms with Gasteiger partial charge in [0.1, 0.15) is 11.5 Å². The van der Waals surface area contributed by atoms with Crippen LogP contribution in [0.15, 0.2) is 58.5 Å². The van der Waals surface area contributed by atoms with E-state index in [-0.39, 0.29) is 23.0 Å². The van der Waals surface area contributed by atoms with Gasteiger partial charge in [-0.2, -0.15) is 14.6 Å². The van der Waals surface area contributed by atoms with Crippen molar-refractivity contribution in [2.75, 3.05) is 11.1 Å². The number of carbonyl (C=O) groups is 1. The van der Waals surface area contributed by atoms with Gasteiger partial charge in [0.05, 0.1) is 17.0 Å². The smallest absolute Gasteiger partial charge is 0.294 e. The summed E-state index contributed by atoms with van der Waals surface area (Å²) in [6.07, 6.45) is 0. The van der Waals surface area contributed by atoms with Gasteiger partial charge in [0.25, 0.3) is 5.56 Å². The number of halogens is 1. The van der Waals surface area contributed by atoms with E-state index in [2.05, 4.69) is 20.4 Å². The molecule has 0 saturated carbocycles. The minimum Gasteiger partial charge on any atom is -0.323 e. The number of amides is 1. The number of hydrogen-bond acceptors (Lipinski definition) is 6. The highest BCUT2D eigenvalue weighted by molar-refractivity contribution is 7.99. The Morgan fingerprint density at radius 1 is 1.14 bits per heavy atom. The Kier molecular flexibility index (Phi) is 4.74. The zero-order valence-corrected chi connectivity index (χ0v) is 15.5. The molecule has 0 bridgehead atoms. The molecule has 0 spiro atoms. The molecule has 7 nitrogen and oxygen atoms in total. The lowest BCUT2D eigenvalue weighted by Gasteiger charge is -2.10. The van der Waals surface area contributed by atoms with Crippen molar-refractivity contribution in [3.8, 4) is 0 Å². The average Bonchev–Trinajstić information content (AvgIpc) is 2.69. The van der Waals surface area contributed by atoms with Gasteiger partial charge in [-0.25, -0.2) is 9.37 Å².